The van der Waals surface area contributed by atoms with Crippen LogP contribution in [0.15, 0.2) is 18.2 Å². The molecule has 1 aromatic heterocycles. The van der Waals surface area contributed by atoms with Crippen molar-refractivity contribution in [2.45, 2.75) is 58.9 Å². The maximum Gasteiger partial charge on any atom is 0.289 e. The van der Waals surface area contributed by atoms with Gasteiger partial charge in [-0.25, -0.2) is 0 Å². The molecule has 0 unspecified atom stereocenters. The van der Waals surface area contributed by atoms with Crippen LogP contribution in [0, 0.1) is 25.2 Å². The van der Waals surface area contributed by atoms with Crippen LogP contribution in [0.1, 0.15) is 70.0 Å². The van der Waals surface area contributed by atoms with Gasteiger partial charge in [0.2, 0.25) is 5.82 Å². The Bertz CT molecular complexity index is 1000. The highest BCUT2D eigenvalue weighted by Crippen LogP contribution is 2.41. The zero-order valence-electron chi connectivity index (χ0n) is 18.5. The minimum atomic E-state index is -0.111. The number of carbonyl (C=O) groups is 2. The van der Waals surface area contributed by atoms with E-state index in [4.69, 9.17) is 0 Å². The maximum absolute atomic E-state index is 13.2. The Kier molecular flexibility index (Phi) is 5.07. The zero-order valence-corrected chi connectivity index (χ0v) is 18.5. The number of hydrogen-bond acceptors (Lipinski definition) is 4. The van der Waals surface area contributed by atoms with E-state index in [9.17, 15) is 9.59 Å². The molecule has 5 rings (SSSR count). The summed E-state index contributed by atoms with van der Waals surface area (Å²) in [5.74, 6) is 1.99. The molecule has 2 amide bonds. The molecule has 1 saturated carbocycles. The van der Waals surface area contributed by atoms with Gasteiger partial charge >= 0.3 is 0 Å². The summed E-state index contributed by atoms with van der Waals surface area (Å²) in [6.45, 7) is 7.12. The van der Waals surface area contributed by atoms with E-state index in [1.165, 1.54) is 12.8 Å². The minimum Gasteiger partial charge on any atom is -0.349 e. The van der Waals surface area contributed by atoms with Crippen LogP contribution in [0.25, 0.3) is 0 Å². The van der Waals surface area contributed by atoms with E-state index < -0.39 is 0 Å². The third kappa shape index (κ3) is 4.10. The molecular formula is C24H31N5O2. The molecule has 1 saturated heterocycles. The molecule has 0 bridgehead atoms. The number of benzene rings is 1. The van der Waals surface area contributed by atoms with E-state index in [-0.39, 0.29) is 17.2 Å². The van der Waals surface area contributed by atoms with Gasteiger partial charge in [0, 0.05) is 38.2 Å². The molecule has 7 nitrogen and oxygen atoms in total. The fourth-order valence-electron chi connectivity index (χ4n) is 5.21. The first-order chi connectivity index (χ1) is 14.9. The average molecular weight is 422 g/mol. The molecule has 1 spiro atoms. The Morgan fingerprint density at radius 1 is 1.06 bits per heavy atom. The number of nitrogens with one attached hydrogen (secondary N) is 1. The predicted octanol–water partition coefficient (Wildman–Crippen LogP) is 2.90. The van der Waals surface area contributed by atoms with E-state index in [1.54, 1.807) is 0 Å². The number of aromatic nitrogens is 3. The summed E-state index contributed by atoms with van der Waals surface area (Å²) in [6.07, 6.45) is 6.14. The zero-order chi connectivity index (χ0) is 21.6. The van der Waals surface area contributed by atoms with Gasteiger partial charge < -0.3 is 14.8 Å². The molecule has 1 aliphatic carbocycles. The van der Waals surface area contributed by atoms with E-state index in [2.05, 4.69) is 21.6 Å². The summed E-state index contributed by atoms with van der Waals surface area (Å²) in [4.78, 5) is 27.8. The molecule has 1 atom stereocenters. The van der Waals surface area contributed by atoms with Gasteiger partial charge in [-0.1, -0.05) is 17.2 Å². The molecule has 3 aliphatic rings. The fraction of sp³-hybridized carbons (Fsp3) is 0.583. The maximum atomic E-state index is 13.2. The molecule has 31 heavy (non-hydrogen) atoms. The second kappa shape index (κ2) is 7.77. The van der Waals surface area contributed by atoms with Crippen molar-refractivity contribution in [3.05, 3.63) is 46.5 Å². The second-order valence-electron chi connectivity index (χ2n) is 9.85. The lowest BCUT2D eigenvalue weighted by Crippen LogP contribution is -2.33. The van der Waals surface area contributed by atoms with E-state index in [1.807, 2.05) is 35.4 Å². The lowest BCUT2D eigenvalue weighted by atomic mass is 9.80. The number of likely N-dealkylation sites (tertiary alicyclic amines) is 1. The number of fused-ring (bicyclic) bond motifs is 1. The smallest absolute Gasteiger partial charge is 0.289 e. The fourth-order valence-corrected chi connectivity index (χ4v) is 5.21. The van der Waals surface area contributed by atoms with E-state index in [0.717, 1.165) is 74.4 Å². The lowest BCUT2D eigenvalue weighted by Gasteiger charge is -2.27. The van der Waals surface area contributed by atoms with Gasteiger partial charge in [0.1, 0.15) is 5.82 Å². The van der Waals surface area contributed by atoms with Crippen LogP contribution in [0.5, 0.6) is 0 Å². The Labute approximate surface area is 183 Å². The van der Waals surface area contributed by atoms with Crippen LogP contribution < -0.4 is 5.32 Å². The first-order valence-electron chi connectivity index (χ1n) is 11.5. The van der Waals surface area contributed by atoms with Gasteiger partial charge in [-0.2, -0.15) is 0 Å². The van der Waals surface area contributed by atoms with Crippen molar-refractivity contribution < 1.29 is 9.59 Å². The Morgan fingerprint density at radius 2 is 1.81 bits per heavy atom. The summed E-state index contributed by atoms with van der Waals surface area (Å²) in [5, 5.41) is 11.5. The highest BCUT2D eigenvalue weighted by atomic mass is 16.2. The first kappa shape index (κ1) is 20.2. The number of nitrogens with zero attached hydrogens (tertiary/aromatic N) is 4. The van der Waals surface area contributed by atoms with Crippen molar-refractivity contribution in [3.8, 4) is 0 Å². The number of rotatable bonds is 4. The Hall–Kier alpha value is -2.70. The molecule has 1 N–H and O–H groups in total. The number of carbonyl (C=O) groups excluding carboxylic acids is 2. The van der Waals surface area contributed by atoms with Gasteiger partial charge in [-0.15, -0.1) is 10.2 Å². The van der Waals surface area contributed by atoms with Crippen LogP contribution in [0.4, 0.5) is 0 Å². The third-order valence-corrected chi connectivity index (χ3v) is 7.22. The van der Waals surface area contributed by atoms with Crippen molar-refractivity contribution in [2.75, 3.05) is 19.6 Å². The quantitative estimate of drug-likeness (QED) is 0.823. The summed E-state index contributed by atoms with van der Waals surface area (Å²) in [7, 11) is 0. The number of hydrogen-bond donors (Lipinski definition) is 1. The molecular weight excluding hydrogens is 390 g/mol. The van der Waals surface area contributed by atoms with Gasteiger partial charge in [0.25, 0.3) is 11.8 Å². The molecule has 164 valence electrons. The molecule has 3 heterocycles. The van der Waals surface area contributed by atoms with Gasteiger partial charge in [-0.05, 0) is 69.4 Å². The molecule has 7 heteroatoms. The third-order valence-electron chi connectivity index (χ3n) is 7.22. The number of amides is 2. The van der Waals surface area contributed by atoms with Crippen molar-refractivity contribution in [1.29, 1.82) is 0 Å². The molecule has 1 aromatic carbocycles. The van der Waals surface area contributed by atoms with Gasteiger partial charge in [-0.3, -0.25) is 9.59 Å². The monoisotopic (exact) mass is 421 g/mol. The molecule has 2 aliphatic heterocycles. The van der Waals surface area contributed by atoms with Crippen molar-refractivity contribution in [2.24, 2.45) is 11.3 Å². The van der Waals surface area contributed by atoms with Crippen LogP contribution in [0.3, 0.4) is 0 Å². The lowest BCUT2D eigenvalue weighted by molar-refractivity contribution is 0.0767. The minimum absolute atomic E-state index is 0.0942. The summed E-state index contributed by atoms with van der Waals surface area (Å²) in [5.41, 5.74) is 3.13. The normalized spacial score (nSPS) is 23.0. The van der Waals surface area contributed by atoms with Crippen LogP contribution in [-0.4, -0.2) is 51.1 Å². The standard InChI is InChI=1S/C24H31N5O2/c1-16-11-17(2)13-19(12-16)23(31)28-9-7-24(15-28)6-5-20-26-27-21(29(20)10-8-24)22(30)25-14-18-3-4-18/h11-13,18H,3-10,14-15H2,1-2H3,(H,25,30)/t24-/m0/s1. The second-order valence-corrected chi connectivity index (χ2v) is 9.85. The summed E-state index contributed by atoms with van der Waals surface area (Å²) in [6, 6.07) is 6.07. The van der Waals surface area contributed by atoms with Crippen molar-refractivity contribution >= 4 is 11.8 Å². The molecule has 0 radical (unpaired) electrons. The van der Waals surface area contributed by atoms with E-state index >= 15 is 0 Å². The van der Waals surface area contributed by atoms with Crippen molar-refractivity contribution in [1.82, 2.24) is 25.0 Å². The van der Waals surface area contributed by atoms with E-state index in [0.29, 0.717) is 11.7 Å². The van der Waals surface area contributed by atoms with Crippen LogP contribution in [0.2, 0.25) is 0 Å². The topological polar surface area (TPSA) is 80.1 Å². The summed E-state index contributed by atoms with van der Waals surface area (Å²) >= 11 is 0. The molecule has 2 aromatic rings. The Morgan fingerprint density at radius 3 is 2.55 bits per heavy atom. The summed E-state index contributed by atoms with van der Waals surface area (Å²) < 4.78 is 2.01. The SMILES string of the molecule is Cc1cc(C)cc(C(=O)N2CC[C@]3(CCc4nnc(C(=O)NCC5CC5)n4CC3)C2)c1. The highest BCUT2D eigenvalue weighted by Gasteiger charge is 2.41. The predicted molar refractivity (Wildman–Crippen MR) is 117 cm³/mol. The van der Waals surface area contributed by atoms with Crippen LogP contribution in [-0.2, 0) is 13.0 Å². The molecule has 2 fully saturated rings. The number of aryl methyl sites for hydroxylation is 3. The van der Waals surface area contributed by atoms with Gasteiger partial charge in [0.15, 0.2) is 0 Å². The van der Waals surface area contributed by atoms with Crippen molar-refractivity contribution in [3.63, 3.8) is 0 Å². The first-order valence-corrected chi connectivity index (χ1v) is 11.5. The largest absolute Gasteiger partial charge is 0.349 e. The van der Waals surface area contributed by atoms with Gasteiger partial charge in [0.05, 0.1) is 0 Å². The highest BCUT2D eigenvalue weighted by molar-refractivity contribution is 5.95. The Balaban J connectivity index is 1.26. The average Bonchev–Trinajstić information content (AvgIpc) is 3.38. The van der Waals surface area contributed by atoms with Crippen LogP contribution >= 0.6 is 0 Å².